The van der Waals surface area contributed by atoms with Gasteiger partial charge in [-0.05, 0) is 6.07 Å². The number of benzene rings is 1. The zero-order valence-corrected chi connectivity index (χ0v) is 13.0. The fourth-order valence-electron chi connectivity index (χ4n) is 2.97. The van der Waals surface area contributed by atoms with Crippen LogP contribution in [0.15, 0.2) is 18.5 Å². The molecule has 2 fully saturated rings. The molecule has 0 saturated carbocycles. The van der Waals surface area contributed by atoms with Crippen LogP contribution in [-0.4, -0.2) is 54.8 Å². The van der Waals surface area contributed by atoms with E-state index in [1.165, 1.54) is 13.4 Å². The average molecular weight is 341 g/mol. The molecule has 0 bridgehead atoms. The van der Waals surface area contributed by atoms with Gasteiger partial charge in [-0.15, -0.1) is 0 Å². The van der Waals surface area contributed by atoms with Gasteiger partial charge < -0.3 is 18.9 Å². The Labute approximate surface area is 136 Å². The van der Waals surface area contributed by atoms with Crippen molar-refractivity contribution in [2.75, 3.05) is 20.3 Å². The van der Waals surface area contributed by atoms with Crippen molar-refractivity contribution < 1.29 is 23.3 Å². The molecule has 122 valence electrons. The SMILES string of the molecule is COc1cc2c(Cl)ncnc2cc1O[C@H]1CO[C@H]2[C@@H]1OC[C@@H]2F. The molecule has 0 aliphatic carbocycles. The first-order valence-corrected chi connectivity index (χ1v) is 7.57. The summed E-state index contributed by atoms with van der Waals surface area (Å²) in [6.07, 6.45) is -1.12. The molecule has 0 radical (unpaired) electrons. The fourth-order valence-corrected chi connectivity index (χ4v) is 3.16. The zero-order chi connectivity index (χ0) is 16.0. The quantitative estimate of drug-likeness (QED) is 0.798. The largest absolute Gasteiger partial charge is 0.493 e. The van der Waals surface area contributed by atoms with Crippen LogP contribution in [0.1, 0.15) is 0 Å². The molecule has 4 atom stereocenters. The highest BCUT2D eigenvalue weighted by Gasteiger charge is 2.49. The predicted molar refractivity (Wildman–Crippen MR) is 79.9 cm³/mol. The van der Waals surface area contributed by atoms with Crippen molar-refractivity contribution in [3.63, 3.8) is 0 Å². The summed E-state index contributed by atoms with van der Waals surface area (Å²) in [5, 5.41) is 1.00. The summed E-state index contributed by atoms with van der Waals surface area (Å²) in [6, 6.07) is 3.44. The number of nitrogens with zero attached hydrogens (tertiary/aromatic N) is 2. The fraction of sp³-hybridized carbons (Fsp3) is 0.467. The smallest absolute Gasteiger partial charge is 0.164 e. The Morgan fingerprint density at radius 1 is 1.17 bits per heavy atom. The zero-order valence-electron chi connectivity index (χ0n) is 12.2. The van der Waals surface area contributed by atoms with Crippen molar-refractivity contribution >= 4 is 22.5 Å². The van der Waals surface area contributed by atoms with E-state index in [2.05, 4.69) is 9.97 Å². The maximum atomic E-state index is 13.6. The summed E-state index contributed by atoms with van der Waals surface area (Å²) < 4.78 is 35.8. The van der Waals surface area contributed by atoms with Gasteiger partial charge in [-0.3, -0.25) is 0 Å². The van der Waals surface area contributed by atoms with Gasteiger partial charge in [-0.25, -0.2) is 14.4 Å². The lowest BCUT2D eigenvalue weighted by Gasteiger charge is -2.19. The van der Waals surface area contributed by atoms with Gasteiger partial charge in [0.25, 0.3) is 0 Å². The van der Waals surface area contributed by atoms with Crippen LogP contribution in [0.3, 0.4) is 0 Å². The number of fused-ring (bicyclic) bond motifs is 2. The minimum absolute atomic E-state index is 0.0346. The standard InChI is InChI=1S/C15H14ClFN2O4/c1-20-10-2-7-9(18-6-19-15(7)16)3-11(10)23-12-5-22-13-8(17)4-21-14(12)13/h2-3,6,8,12-14H,4-5H2,1H3/t8-,12-,13+,14+/m0/s1. The Kier molecular flexibility index (Phi) is 3.71. The molecule has 0 amide bonds. The molecule has 23 heavy (non-hydrogen) atoms. The van der Waals surface area contributed by atoms with Crippen molar-refractivity contribution in [2.45, 2.75) is 24.5 Å². The number of rotatable bonds is 3. The van der Waals surface area contributed by atoms with Gasteiger partial charge in [-0.2, -0.15) is 0 Å². The Morgan fingerprint density at radius 3 is 2.83 bits per heavy atom. The van der Waals surface area contributed by atoms with Crippen LogP contribution in [0, 0.1) is 0 Å². The van der Waals surface area contributed by atoms with Gasteiger partial charge in [0.05, 0.1) is 25.8 Å². The molecule has 4 rings (SSSR count). The number of hydrogen-bond acceptors (Lipinski definition) is 6. The molecule has 8 heteroatoms. The third-order valence-corrected chi connectivity index (χ3v) is 4.40. The molecule has 1 aromatic carbocycles. The summed E-state index contributed by atoms with van der Waals surface area (Å²) >= 11 is 6.07. The molecule has 2 saturated heterocycles. The number of methoxy groups -OCH3 is 1. The summed E-state index contributed by atoms with van der Waals surface area (Å²) in [7, 11) is 1.53. The number of halogens is 2. The maximum absolute atomic E-state index is 13.6. The monoisotopic (exact) mass is 340 g/mol. The van der Waals surface area contributed by atoms with E-state index in [-0.39, 0.29) is 13.2 Å². The van der Waals surface area contributed by atoms with Crippen molar-refractivity contribution in [1.29, 1.82) is 0 Å². The van der Waals surface area contributed by atoms with E-state index >= 15 is 0 Å². The number of alkyl halides is 1. The van der Waals surface area contributed by atoms with Crippen LogP contribution in [0.4, 0.5) is 4.39 Å². The molecular weight excluding hydrogens is 327 g/mol. The Bertz CT molecular complexity index is 747. The first kappa shape index (κ1) is 14.9. The number of hydrogen-bond donors (Lipinski definition) is 0. The molecule has 6 nitrogen and oxygen atoms in total. The van der Waals surface area contributed by atoms with Gasteiger partial charge in [0, 0.05) is 11.5 Å². The molecule has 3 heterocycles. The normalized spacial score (nSPS) is 29.7. The molecule has 2 aliphatic rings. The van der Waals surface area contributed by atoms with Crippen molar-refractivity contribution in [3.8, 4) is 11.5 Å². The van der Waals surface area contributed by atoms with Crippen LogP contribution >= 0.6 is 11.6 Å². The average Bonchev–Trinajstić information content (AvgIpc) is 3.11. The number of aromatic nitrogens is 2. The van der Waals surface area contributed by atoms with E-state index in [1.807, 2.05) is 0 Å². The molecule has 2 aromatic rings. The number of ether oxygens (including phenoxy) is 4. The van der Waals surface area contributed by atoms with E-state index in [0.717, 1.165) is 0 Å². The van der Waals surface area contributed by atoms with Crippen LogP contribution in [0.5, 0.6) is 11.5 Å². The molecule has 0 spiro atoms. The molecule has 0 unspecified atom stereocenters. The van der Waals surface area contributed by atoms with E-state index in [1.54, 1.807) is 12.1 Å². The van der Waals surface area contributed by atoms with Gasteiger partial charge in [0.1, 0.15) is 23.7 Å². The molecule has 0 N–H and O–H groups in total. The second kappa shape index (κ2) is 5.74. The second-order valence-corrected chi connectivity index (χ2v) is 5.81. The summed E-state index contributed by atoms with van der Waals surface area (Å²) in [5.41, 5.74) is 0.631. The van der Waals surface area contributed by atoms with E-state index in [4.69, 9.17) is 30.5 Å². The highest BCUT2D eigenvalue weighted by atomic mass is 35.5. The van der Waals surface area contributed by atoms with Crippen molar-refractivity contribution in [2.24, 2.45) is 0 Å². The lowest BCUT2D eigenvalue weighted by molar-refractivity contribution is 0.0271. The van der Waals surface area contributed by atoms with E-state index in [0.29, 0.717) is 27.6 Å². The Balaban J connectivity index is 1.66. The second-order valence-electron chi connectivity index (χ2n) is 5.45. The molecule has 1 aromatic heterocycles. The van der Waals surface area contributed by atoms with Gasteiger partial charge >= 0.3 is 0 Å². The van der Waals surface area contributed by atoms with Crippen LogP contribution < -0.4 is 9.47 Å². The van der Waals surface area contributed by atoms with E-state index < -0.39 is 24.5 Å². The molecular formula is C15H14ClFN2O4. The summed E-state index contributed by atoms with van der Waals surface area (Å²) in [5.74, 6) is 0.974. The maximum Gasteiger partial charge on any atom is 0.164 e. The van der Waals surface area contributed by atoms with Crippen LogP contribution in [0.25, 0.3) is 10.9 Å². The van der Waals surface area contributed by atoms with E-state index in [9.17, 15) is 4.39 Å². The Hall–Kier alpha value is -1.70. The summed E-state index contributed by atoms with van der Waals surface area (Å²) in [6.45, 7) is 0.300. The third kappa shape index (κ3) is 2.49. The lowest BCUT2D eigenvalue weighted by atomic mass is 10.1. The predicted octanol–water partition coefficient (Wildman–Crippen LogP) is 2.17. The van der Waals surface area contributed by atoms with Gasteiger partial charge in [-0.1, -0.05) is 11.6 Å². The minimum Gasteiger partial charge on any atom is -0.493 e. The first-order valence-electron chi connectivity index (χ1n) is 7.19. The van der Waals surface area contributed by atoms with Gasteiger partial charge in [0.15, 0.2) is 23.8 Å². The third-order valence-electron chi connectivity index (χ3n) is 4.10. The first-order chi connectivity index (χ1) is 11.2. The lowest BCUT2D eigenvalue weighted by Crippen LogP contribution is -2.33. The van der Waals surface area contributed by atoms with Crippen molar-refractivity contribution in [3.05, 3.63) is 23.6 Å². The van der Waals surface area contributed by atoms with Crippen LogP contribution in [0.2, 0.25) is 5.15 Å². The Morgan fingerprint density at radius 2 is 2.00 bits per heavy atom. The highest BCUT2D eigenvalue weighted by molar-refractivity contribution is 6.34. The minimum atomic E-state index is -1.11. The van der Waals surface area contributed by atoms with Gasteiger partial charge in [0.2, 0.25) is 0 Å². The van der Waals surface area contributed by atoms with Crippen molar-refractivity contribution in [1.82, 2.24) is 9.97 Å². The van der Waals surface area contributed by atoms with Crippen LogP contribution in [-0.2, 0) is 9.47 Å². The highest BCUT2D eigenvalue weighted by Crippen LogP contribution is 2.37. The summed E-state index contributed by atoms with van der Waals surface area (Å²) in [4.78, 5) is 8.12. The topological polar surface area (TPSA) is 62.7 Å². The molecule has 2 aliphatic heterocycles.